The molecular weight excluding hydrogens is 338 g/mol. The number of carbonyl (C=O) groups excluding carboxylic acids is 1. The van der Waals surface area contributed by atoms with Gasteiger partial charge >= 0.3 is 0 Å². The molecular formula is C18H21N3O5. The topological polar surface area (TPSA) is 86.9 Å². The van der Waals surface area contributed by atoms with Crippen molar-refractivity contribution in [3.8, 4) is 11.5 Å². The van der Waals surface area contributed by atoms with Crippen LogP contribution in [0.4, 0.5) is 0 Å². The minimum absolute atomic E-state index is 0.0887. The van der Waals surface area contributed by atoms with Crippen molar-refractivity contribution in [1.82, 2.24) is 15.0 Å². The van der Waals surface area contributed by atoms with Crippen molar-refractivity contribution in [2.75, 3.05) is 26.4 Å². The summed E-state index contributed by atoms with van der Waals surface area (Å²) < 4.78 is 22.0. The second-order valence-electron chi connectivity index (χ2n) is 7.04. The summed E-state index contributed by atoms with van der Waals surface area (Å²) in [5.41, 5.74) is 0.829. The number of fused-ring (bicyclic) bond motifs is 1. The van der Waals surface area contributed by atoms with Gasteiger partial charge in [0, 0.05) is 18.5 Å². The highest BCUT2D eigenvalue weighted by atomic mass is 16.5. The van der Waals surface area contributed by atoms with Gasteiger partial charge in [0.25, 0.3) is 5.91 Å². The van der Waals surface area contributed by atoms with Crippen LogP contribution in [0, 0.1) is 0 Å². The molecule has 0 N–H and O–H groups in total. The van der Waals surface area contributed by atoms with Crippen LogP contribution in [0.2, 0.25) is 0 Å². The number of carbonyl (C=O) groups is 1. The van der Waals surface area contributed by atoms with Crippen molar-refractivity contribution in [2.24, 2.45) is 0 Å². The molecule has 4 rings (SSSR count). The van der Waals surface area contributed by atoms with Gasteiger partial charge in [0.1, 0.15) is 11.6 Å². The Kier molecular flexibility index (Phi) is 4.28. The first-order valence-corrected chi connectivity index (χ1v) is 8.61. The van der Waals surface area contributed by atoms with Crippen molar-refractivity contribution < 1.29 is 23.5 Å². The van der Waals surface area contributed by atoms with Crippen molar-refractivity contribution in [1.29, 1.82) is 0 Å². The Balaban J connectivity index is 1.45. The lowest BCUT2D eigenvalue weighted by Gasteiger charge is -2.33. The minimum atomic E-state index is -0.365. The van der Waals surface area contributed by atoms with E-state index in [4.69, 9.17) is 18.7 Å². The summed E-state index contributed by atoms with van der Waals surface area (Å²) in [6, 6.07) is 5.40. The highest BCUT2D eigenvalue weighted by Crippen LogP contribution is 2.41. The molecule has 8 nitrogen and oxygen atoms in total. The fourth-order valence-electron chi connectivity index (χ4n) is 3.37. The van der Waals surface area contributed by atoms with Crippen LogP contribution < -0.4 is 9.47 Å². The maximum Gasteiger partial charge on any atom is 0.261 e. The molecule has 0 bridgehead atoms. The number of morpholine rings is 1. The molecule has 2 aromatic rings. The van der Waals surface area contributed by atoms with Gasteiger partial charge in [-0.15, -0.1) is 0 Å². The number of ether oxygens (including phenoxy) is 3. The summed E-state index contributed by atoms with van der Waals surface area (Å²) in [7, 11) is 0. The van der Waals surface area contributed by atoms with E-state index in [-0.39, 0.29) is 24.2 Å². The zero-order chi connectivity index (χ0) is 18.1. The Hall–Kier alpha value is -2.61. The molecule has 1 atom stereocenters. The predicted octanol–water partition coefficient (Wildman–Crippen LogP) is 1.76. The average molecular weight is 359 g/mol. The first kappa shape index (κ1) is 16.8. The Labute approximate surface area is 151 Å². The molecule has 0 aliphatic carbocycles. The number of para-hydroxylation sites is 1. The van der Waals surface area contributed by atoms with E-state index in [2.05, 4.69) is 10.1 Å². The van der Waals surface area contributed by atoms with E-state index in [0.29, 0.717) is 31.3 Å². The maximum atomic E-state index is 12.7. The maximum absolute atomic E-state index is 12.7. The molecule has 2 aliphatic heterocycles. The average Bonchev–Trinajstić information content (AvgIpc) is 3.26. The normalized spacial score (nSPS) is 21.2. The molecule has 3 heterocycles. The summed E-state index contributed by atoms with van der Waals surface area (Å²) in [5.74, 6) is 1.59. The van der Waals surface area contributed by atoms with E-state index in [9.17, 15) is 4.79 Å². The Morgan fingerprint density at radius 2 is 2.31 bits per heavy atom. The van der Waals surface area contributed by atoms with E-state index in [0.717, 1.165) is 17.7 Å². The van der Waals surface area contributed by atoms with Crippen LogP contribution in [0.1, 0.15) is 31.3 Å². The van der Waals surface area contributed by atoms with Gasteiger partial charge < -0.3 is 23.6 Å². The SMILES string of the molecule is CC1(C)Cc2cccc(OCC(=O)N3CCOCC3c3ncon3)c2O1. The smallest absolute Gasteiger partial charge is 0.261 e. The largest absolute Gasteiger partial charge is 0.483 e. The lowest BCUT2D eigenvalue weighted by Crippen LogP contribution is -2.45. The molecule has 1 aromatic heterocycles. The highest BCUT2D eigenvalue weighted by molar-refractivity contribution is 5.78. The highest BCUT2D eigenvalue weighted by Gasteiger charge is 2.34. The number of rotatable bonds is 4. The van der Waals surface area contributed by atoms with E-state index >= 15 is 0 Å². The third kappa shape index (κ3) is 3.24. The van der Waals surface area contributed by atoms with Crippen LogP contribution in [0.15, 0.2) is 29.1 Å². The number of nitrogens with zero attached hydrogens (tertiary/aromatic N) is 3. The molecule has 0 spiro atoms. The van der Waals surface area contributed by atoms with Gasteiger partial charge in [-0.1, -0.05) is 17.3 Å². The molecule has 1 fully saturated rings. The molecule has 138 valence electrons. The first-order valence-electron chi connectivity index (χ1n) is 8.61. The number of hydrogen-bond donors (Lipinski definition) is 0. The summed E-state index contributed by atoms with van der Waals surface area (Å²) in [6.45, 7) is 5.24. The number of amides is 1. The van der Waals surface area contributed by atoms with E-state index in [1.165, 1.54) is 6.39 Å². The lowest BCUT2D eigenvalue weighted by atomic mass is 10.0. The van der Waals surface area contributed by atoms with Gasteiger partial charge in [0.2, 0.25) is 6.39 Å². The third-order valence-corrected chi connectivity index (χ3v) is 4.53. The van der Waals surface area contributed by atoms with Crippen LogP contribution >= 0.6 is 0 Å². The summed E-state index contributed by atoms with van der Waals surface area (Å²) in [4.78, 5) is 18.4. The van der Waals surface area contributed by atoms with Crippen LogP contribution in [-0.4, -0.2) is 52.9 Å². The molecule has 26 heavy (non-hydrogen) atoms. The van der Waals surface area contributed by atoms with Crippen LogP contribution in [-0.2, 0) is 16.0 Å². The molecule has 8 heteroatoms. The Bertz CT molecular complexity index is 790. The van der Waals surface area contributed by atoms with Crippen LogP contribution in [0.5, 0.6) is 11.5 Å². The molecule has 2 aliphatic rings. The van der Waals surface area contributed by atoms with Gasteiger partial charge in [-0.2, -0.15) is 4.98 Å². The number of hydrogen-bond acceptors (Lipinski definition) is 7. The summed E-state index contributed by atoms with van der Waals surface area (Å²) >= 11 is 0. The molecule has 1 unspecified atom stereocenters. The number of aromatic nitrogens is 2. The van der Waals surface area contributed by atoms with Gasteiger partial charge in [-0.05, 0) is 19.9 Å². The van der Waals surface area contributed by atoms with Crippen LogP contribution in [0.3, 0.4) is 0 Å². The van der Waals surface area contributed by atoms with Crippen LogP contribution in [0.25, 0.3) is 0 Å². The summed E-state index contributed by atoms with van der Waals surface area (Å²) in [5, 5.41) is 3.83. The molecule has 1 aromatic carbocycles. The fourth-order valence-corrected chi connectivity index (χ4v) is 3.37. The van der Waals surface area contributed by atoms with Gasteiger partial charge in [0.05, 0.1) is 13.2 Å². The minimum Gasteiger partial charge on any atom is -0.483 e. The molecule has 1 amide bonds. The van der Waals surface area contributed by atoms with Crippen molar-refractivity contribution in [3.63, 3.8) is 0 Å². The first-order chi connectivity index (χ1) is 12.5. The molecule has 0 radical (unpaired) electrons. The van der Waals surface area contributed by atoms with Crippen molar-refractivity contribution in [3.05, 3.63) is 36.0 Å². The standard InChI is InChI=1S/C18H21N3O5/c1-18(2)8-12-4-3-5-14(16(12)26-18)24-10-15(22)21-6-7-23-9-13(21)17-19-11-25-20-17/h3-5,11,13H,6-10H2,1-2H3. The van der Waals surface area contributed by atoms with Gasteiger partial charge in [-0.3, -0.25) is 4.79 Å². The van der Waals surface area contributed by atoms with E-state index in [1.54, 1.807) is 4.90 Å². The molecule has 0 saturated carbocycles. The third-order valence-electron chi connectivity index (χ3n) is 4.53. The summed E-state index contributed by atoms with van der Waals surface area (Å²) in [6.07, 6.45) is 2.06. The van der Waals surface area contributed by atoms with E-state index in [1.807, 2.05) is 32.0 Å². The van der Waals surface area contributed by atoms with Crippen molar-refractivity contribution in [2.45, 2.75) is 31.9 Å². The second-order valence-corrected chi connectivity index (χ2v) is 7.04. The molecule has 1 saturated heterocycles. The lowest BCUT2D eigenvalue weighted by molar-refractivity contribution is -0.142. The zero-order valence-electron chi connectivity index (χ0n) is 14.8. The quantitative estimate of drug-likeness (QED) is 0.822. The second kappa shape index (κ2) is 6.60. The zero-order valence-corrected chi connectivity index (χ0v) is 14.8. The number of benzene rings is 1. The van der Waals surface area contributed by atoms with Gasteiger partial charge in [0.15, 0.2) is 23.9 Å². The van der Waals surface area contributed by atoms with Crippen molar-refractivity contribution >= 4 is 5.91 Å². The monoisotopic (exact) mass is 359 g/mol. The predicted molar refractivity (Wildman–Crippen MR) is 89.9 cm³/mol. The Morgan fingerprint density at radius 1 is 1.42 bits per heavy atom. The van der Waals surface area contributed by atoms with Gasteiger partial charge in [-0.25, -0.2) is 0 Å². The Morgan fingerprint density at radius 3 is 3.12 bits per heavy atom. The fraction of sp³-hybridized carbons (Fsp3) is 0.500. The van der Waals surface area contributed by atoms with E-state index < -0.39 is 0 Å².